The van der Waals surface area contributed by atoms with Crippen LogP contribution < -0.4 is 5.32 Å². The summed E-state index contributed by atoms with van der Waals surface area (Å²) in [6, 6.07) is 19.1. The van der Waals surface area contributed by atoms with Crippen LogP contribution in [0.5, 0.6) is 0 Å². The van der Waals surface area contributed by atoms with E-state index in [2.05, 4.69) is 10.3 Å². The van der Waals surface area contributed by atoms with E-state index in [1.807, 2.05) is 67.6 Å². The van der Waals surface area contributed by atoms with E-state index in [9.17, 15) is 14.7 Å². The van der Waals surface area contributed by atoms with Gasteiger partial charge in [-0.1, -0.05) is 60.7 Å². The quantitative estimate of drug-likeness (QED) is 0.580. The van der Waals surface area contributed by atoms with Crippen LogP contribution in [0.15, 0.2) is 65.1 Å². The molecule has 1 heterocycles. The van der Waals surface area contributed by atoms with Crippen LogP contribution in [0, 0.1) is 12.8 Å². The van der Waals surface area contributed by atoms with Gasteiger partial charge in [0.25, 0.3) is 0 Å². The molecule has 2 N–H and O–H groups in total. The summed E-state index contributed by atoms with van der Waals surface area (Å²) < 4.78 is 5.81. The normalized spacial score (nSPS) is 11.8. The van der Waals surface area contributed by atoms with Crippen LogP contribution in [0.1, 0.15) is 23.6 Å². The lowest BCUT2D eigenvalue weighted by molar-refractivity contribution is -0.141. The summed E-state index contributed by atoms with van der Waals surface area (Å²) in [5, 5.41) is 12.1. The SMILES string of the molecule is Cc1nc(CCC(=O)NCC(Cc2ccccc2)C(=O)O)oc1-c1ccccc1. The van der Waals surface area contributed by atoms with Crippen molar-refractivity contribution in [2.75, 3.05) is 6.54 Å². The molecule has 0 aliphatic rings. The van der Waals surface area contributed by atoms with Crippen LogP contribution in [-0.2, 0) is 22.4 Å². The molecule has 0 saturated carbocycles. The Labute approximate surface area is 169 Å². The van der Waals surface area contributed by atoms with Crippen molar-refractivity contribution < 1.29 is 19.1 Å². The molecule has 0 aliphatic heterocycles. The summed E-state index contributed by atoms with van der Waals surface area (Å²) in [7, 11) is 0. The van der Waals surface area contributed by atoms with Crippen LogP contribution in [0.25, 0.3) is 11.3 Å². The van der Waals surface area contributed by atoms with Crippen LogP contribution >= 0.6 is 0 Å². The van der Waals surface area contributed by atoms with E-state index < -0.39 is 11.9 Å². The maximum Gasteiger partial charge on any atom is 0.308 e. The Bertz CT molecular complexity index is 952. The lowest BCUT2D eigenvalue weighted by atomic mass is 9.99. The van der Waals surface area contributed by atoms with Gasteiger partial charge in [-0.15, -0.1) is 0 Å². The predicted molar refractivity (Wildman–Crippen MR) is 109 cm³/mol. The molecule has 1 unspecified atom stereocenters. The zero-order valence-electron chi connectivity index (χ0n) is 16.3. The van der Waals surface area contributed by atoms with Crippen LogP contribution in [0.2, 0.25) is 0 Å². The van der Waals surface area contributed by atoms with Gasteiger partial charge in [0.2, 0.25) is 5.91 Å². The largest absolute Gasteiger partial charge is 0.481 e. The molecule has 150 valence electrons. The van der Waals surface area contributed by atoms with Gasteiger partial charge in [-0.2, -0.15) is 0 Å². The Balaban J connectivity index is 1.51. The monoisotopic (exact) mass is 392 g/mol. The van der Waals surface area contributed by atoms with E-state index in [-0.39, 0.29) is 18.9 Å². The maximum atomic E-state index is 12.2. The summed E-state index contributed by atoms with van der Waals surface area (Å²) in [6.07, 6.45) is 0.914. The molecule has 2 aromatic carbocycles. The lowest BCUT2D eigenvalue weighted by Gasteiger charge is -2.13. The Morgan fingerprint density at radius 3 is 2.38 bits per heavy atom. The number of oxazole rings is 1. The zero-order chi connectivity index (χ0) is 20.6. The molecule has 3 rings (SSSR count). The van der Waals surface area contributed by atoms with E-state index >= 15 is 0 Å². The number of aliphatic carboxylic acids is 1. The van der Waals surface area contributed by atoms with Gasteiger partial charge >= 0.3 is 5.97 Å². The van der Waals surface area contributed by atoms with Crippen molar-refractivity contribution >= 4 is 11.9 Å². The van der Waals surface area contributed by atoms with Crippen LogP contribution in [0.4, 0.5) is 0 Å². The zero-order valence-corrected chi connectivity index (χ0v) is 16.3. The van der Waals surface area contributed by atoms with Gasteiger partial charge in [0.05, 0.1) is 11.6 Å². The van der Waals surface area contributed by atoms with Gasteiger partial charge in [-0.3, -0.25) is 9.59 Å². The van der Waals surface area contributed by atoms with Gasteiger partial charge < -0.3 is 14.8 Å². The summed E-state index contributed by atoms with van der Waals surface area (Å²) in [6.45, 7) is 1.96. The second-order valence-electron chi connectivity index (χ2n) is 6.92. The molecule has 1 atom stereocenters. The molecule has 1 amide bonds. The fourth-order valence-electron chi connectivity index (χ4n) is 3.11. The molecule has 6 heteroatoms. The minimum Gasteiger partial charge on any atom is -0.481 e. The Morgan fingerprint density at radius 1 is 1.07 bits per heavy atom. The van der Waals surface area contributed by atoms with E-state index in [0.29, 0.717) is 24.5 Å². The number of carbonyl (C=O) groups excluding carboxylic acids is 1. The van der Waals surface area contributed by atoms with Crippen molar-refractivity contribution in [2.24, 2.45) is 5.92 Å². The number of hydrogen-bond donors (Lipinski definition) is 2. The molecule has 0 radical (unpaired) electrons. The number of nitrogens with one attached hydrogen (secondary N) is 1. The Kier molecular flexibility index (Phi) is 6.79. The van der Waals surface area contributed by atoms with Crippen LogP contribution in [0.3, 0.4) is 0 Å². The first-order valence-corrected chi connectivity index (χ1v) is 9.58. The molecule has 1 aromatic heterocycles. The lowest BCUT2D eigenvalue weighted by Crippen LogP contribution is -2.34. The predicted octanol–water partition coefficient (Wildman–Crippen LogP) is 3.64. The number of aromatic nitrogens is 1. The topological polar surface area (TPSA) is 92.4 Å². The van der Waals surface area contributed by atoms with Crippen molar-refractivity contribution in [3.8, 4) is 11.3 Å². The highest BCUT2D eigenvalue weighted by molar-refractivity contribution is 5.77. The van der Waals surface area contributed by atoms with Gasteiger partial charge in [0, 0.05) is 24.9 Å². The fraction of sp³-hybridized carbons (Fsp3) is 0.261. The van der Waals surface area contributed by atoms with Gasteiger partial charge in [0.1, 0.15) is 0 Å². The van der Waals surface area contributed by atoms with E-state index in [4.69, 9.17) is 4.42 Å². The molecule has 3 aromatic rings. The second-order valence-corrected chi connectivity index (χ2v) is 6.92. The van der Waals surface area contributed by atoms with Crippen molar-refractivity contribution in [3.63, 3.8) is 0 Å². The molecule has 0 aliphatic carbocycles. The number of nitrogens with zero attached hydrogens (tertiary/aromatic N) is 1. The number of hydrogen-bond acceptors (Lipinski definition) is 4. The summed E-state index contributed by atoms with van der Waals surface area (Å²) >= 11 is 0. The number of carbonyl (C=O) groups is 2. The second kappa shape index (κ2) is 9.68. The van der Waals surface area contributed by atoms with Gasteiger partial charge in [-0.05, 0) is 18.9 Å². The van der Waals surface area contributed by atoms with E-state index in [1.54, 1.807) is 0 Å². The van der Waals surface area contributed by atoms with Crippen molar-refractivity contribution in [1.29, 1.82) is 0 Å². The number of amides is 1. The first-order chi connectivity index (χ1) is 14.0. The van der Waals surface area contributed by atoms with Crippen LogP contribution in [-0.4, -0.2) is 28.5 Å². The number of carboxylic acid groups (broad SMARTS) is 1. The van der Waals surface area contributed by atoms with Crippen molar-refractivity contribution in [2.45, 2.75) is 26.2 Å². The minimum atomic E-state index is -0.926. The molecule has 0 bridgehead atoms. The summed E-state index contributed by atoms with van der Waals surface area (Å²) in [5.41, 5.74) is 2.65. The van der Waals surface area contributed by atoms with Gasteiger partial charge in [-0.25, -0.2) is 4.98 Å². The third-order valence-corrected chi connectivity index (χ3v) is 4.66. The Morgan fingerprint density at radius 2 is 1.72 bits per heavy atom. The van der Waals surface area contributed by atoms with Crippen molar-refractivity contribution in [1.82, 2.24) is 10.3 Å². The Hall–Kier alpha value is -3.41. The molecule has 6 nitrogen and oxygen atoms in total. The van der Waals surface area contributed by atoms with E-state index in [1.165, 1.54) is 0 Å². The van der Waals surface area contributed by atoms with E-state index in [0.717, 1.165) is 16.8 Å². The number of carboxylic acids is 1. The molecular weight excluding hydrogens is 368 g/mol. The highest BCUT2D eigenvalue weighted by Crippen LogP contribution is 2.24. The standard InChI is InChI=1S/C23H24N2O4/c1-16-22(18-10-6-3-7-11-18)29-21(25-16)13-12-20(26)24-15-19(23(27)28)14-17-8-4-2-5-9-17/h2-11,19H,12-15H2,1H3,(H,24,26)(H,27,28). The molecule has 0 fully saturated rings. The molecule has 0 spiro atoms. The third-order valence-electron chi connectivity index (χ3n) is 4.66. The first kappa shape index (κ1) is 20.3. The first-order valence-electron chi connectivity index (χ1n) is 9.58. The smallest absolute Gasteiger partial charge is 0.308 e. The number of benzene rings is 2. The number of rotatable bonds is 9. The van der Waals surface area contributed by atoms with Gasteiger partial charge in [0.15, 0.2) is 11.7 Å². The third kappa shape index (κ3) is 5.78. The molecule has 0 saturated heterocycles. The fourth-order valence-corrected chi connectivity index (χ4v) is 3.11. The summed E-state index contributed by atoms with van der Waals surface area (Å²) in [5.74, 6) is -0.619. The van der Waals surface area contributed by atoms with Crippen molar-refractivity contribution in [3.05, 3.63) is 77.8 Å². The number of aryl methyl sites for hydroxylation is 2. The highest BCUT2D eigenvalue weighted by Gasteiger charge is 2.19. The molecular formula is C23H24N2O4. The minimum absolute atomic E-state index is 0.0862. The summed E-state index contributed by atoms with van der Waals surface area (Å²) in [4.78, 5) is 28.1. The average Bonchev–Trinajstić information content (AvgIpc) is 3.11. The maximum absolute atomic E-state index is 12.2. The highest BCUT2D eigenvalue weighted by atomic mass is 16.4. The average molecular weight is 392 g/mol. The molecule has 29 heavy (non-hydrogen) atoms.